The molecule has 2 heteroatoms. The van der Waals surface area contributed by atoms with E-state index in [1.54, 1.807) is 7.11 Å². The highest BCUT2D eigenvalue weighted by atomic mass is 16.5. The van der Waals surface area contributed by atoms with Gasteiger partial charge in [0.2, 0.25) is 0 Å². The Hall–Kier alpha value is -1.80. The molecule has 2 N–H and O–H groups in total. The fourth-order valence-electron chi connectivity index (χ4n) is 3.15. The summed E-state index contributed by atoms with van der Waals surface area (Å²) in [6.45, 7) is 2.17. The van der Waals surface area contributed by atoms with Gasteiger partial charge in [0.05, 0.1) is 12.6 Å². The second-order valence-electron chi connectivity index (χ2n) is 5.55. The average molecular weight is 267 g/mol. The summed E-state index contributed by atoms with van der Waals surface area (Å²) >= 11 is 0. The maximum Gasteiger partial charge on any atom is 0.119 e. The van der Waals surface area contributed by atoms with E-state index in [1.165, 1.54) is 22.3 Å². The van der Waals surface area contributed by atoms with Gasteiger partial charge in [-0.15, -0.1) is 0 Å². The molecule has 0 spiro atoms. The molecule has 1 aliphatic rings. The van der Waals surface area contributed by atoms with Crippen LogP contribution in [-0.2, 0) is 18.4 Å². The standard InChI is InChI=1S/C18H21NO/c1-3-13-5-4-6-15(11-13)18(19)10-9-14-7-8-16(20-2)12-17(14)18/h4-8,11-12H,3,9-10,19H2,1-2H3. The Morgan fingerprint density at radius 1 is 1.20 bits per heavy atom. The van der Waals surface area contributed by atoms with Crippen LogP contribution in [0.5, 0.6) is 5.75 Å². The van der Waals surface area contributed by atoms with E-state index < -0.39 is 0 Å². The number of hydrogen-bond acceptors (Lipinski definition) is 2. The Kier molecular flexibility index (Phi) is 3.27. The minimum atomic E-state index is -0.380. The van der Waals surface area contributed by atoms with Gasteiger partial charge < -0.3 is 10.5 Å². The Morgan fingerprint density at radius 3 is 2.80 bits per heavy atom. The minimum Gasteiger partial charge on any atom is -0.497 e. The van der Waals surface area contributed by atoms with Crippen molar-refractivity contribution in [2.75, 3.05) is 7.11 Å². The second kappa shape index (κ2) is 4.95. The molecule has 20 heavy (non-hydrogen) atoms. The lowest BCUT2D eigenvalue weighted by Gasteiger charge is -2.27. The Balaban J connectivity index is 2.10. The van der Waals surface area contributed by atoms with Crippen LogP contribution in [0.15, 0.2) is 42.5 Å². The third kappa shape index (κ3) is 2.01. The minimum absolute atomic E-state index is 0.380. The van der Waals surface area contributed by atoms with Crippen molar-refractivity contribution < 1.29 is 4.74 Å². The predicted molar refractivity (Wildman–Crippen MR) is 82.1 cm³/mol. The van der Waals surface area contributed by atoms with Gasteiger partial charge in [-0.05, 0) is 53.6 Å². The lowest BCUT2D eigenvalue weighted by Crippen LogP contribution is -2.35. The first-order valence-corrected chi connectivity index (χ1v) is 7.23. The van der Waals surface area contributed by atoms with E-state index >= 15 is 0 Å². The van der Waals surface area contributed by atoms with E-state index in [4.69, 9.17) is 10.5 Å². The van der Waals surface area contributed by atoms with Crippen LogP contribution in [0.2, 0.25) is 0 Å². The summed E-state index contributed by atoms with van der Waals surface area (Å²) in [7, 11) is 1.70. The van der Waals surface area contributed by atoms with Crippen molar-refractivity contribution in [1.82, 2.24) is 0 Å². The zero-order chi connectivity index (χ0) is 14.2. The van der Waals surface area contributed by atoms with Gasteiger partial charge in [0.25, 0.3) is 0 Å². The lowest BCUT2D eigenvalue weighted by atomic mass is 9.84. The van der Waals surface area contributed by atoms with Crippen molar-refractivity contribution in [3.05, 3.63) is 64.7 Å². The number of hydrogen-bond donors (Lipinski definition) is 1. The molecule has 0 amide bonds. The fraction of sp³-hybridized carbons (Fsp3) is 0.333. The van der Waals surface area contributed by atoms with Crippen molar-refractivity contribution in [2.24, 2.45) is 5.73 Å². The van der Waals surface area contributed by atoms with Gasteiger partial charge in [-0.25, -0.2) is 0 Å². The van der Waals surface area contributed by atoms with E-state index in [-0.39, 0.29) is 5.54 Å². The van der Waals surface area contributed by atoms with E-state index in [2.05, 4.69) is 43.3 Å². The first-order valence-electron chi connectivity index (χ1n) is 7.23. The number of benzene rings is 2. The molecule has 0 saturated carbocycles. The molecule has 3 rings (SSSR count). The molecular formula is C18H21NO. The second-order valence-corrected chi connectivity index (χ2v) is 5.55. The van der Waals surface area contributed by atoms with Gasteiger partial charge in [-0.2, -0.15) is 0 Å². The van der Waals surface area contributed by atoms with Gasteiger partial charge in [0.15, 0.2) is 0 Å². The predicted octanol–water partition coefficient (Wildman–Crippen LogP) is 3.41. The maximum absolute atomic E-state index is 6.78. The van der Waals surface area contributed by atoms with Crippen LogP contribution >= 0.6 is 0 Å². The molecule has 0 fully saturated rings. The topological polar surface area (TPSA) is 35.2 Å². The number of methoxy groups -OCH3 is 1. The van der Waals surface area contributed by atoms with Crippen molar-refractivity contribution in [1.29, 1.82) is 0 Å². The molecule has 1 atom stereocenters. The molecule has 2 nitrogen and oxygen atoms in total. The normalized spacial score (nSPS) is 20.8. The SMILES string of the molecule is CCc1cccc(C2(N)CCc3ccc(OC)cc32)c1. The molecule has 0 radical (unpaired) electrons. The van der Waals surface area contributed by atoms with Crippen LogP contribution in [-0.4, -0.2) is 7.11 Å². The smallest absolute Gasteiger partial charge is 0.119 e. The summed E-state index contributed by atoms with van der Waals surface area (Å²) in [5, 5.41) is 0. The summed E-state index contributed by atoms with van der Waals surface area (Å²) in [5.41, 5.74) is 11.5. The van der Waals surface area contributed by atoms with E-state index in [9.17, 15) is 0 Å². The summed E-state index contributed by atoms with van der Waals surface area (Å²) in [6, 6.07) is 14.9. The number of fused-ring (bicyclic) bond motifs is 1. The number of ether oxygens (including phenoxy) is 1. The number of nitrogens with two attached hydrogens (primary N) is 1. The monoisotopic (exact) mass is 267 g/mol. The maximum atomic E-state index is 6.78. The number of rotatable bonds is 3. The quantitative estimate of drug-likeness (QED) is 0.925. The first kappa shape index (κ1) is 13.2. The highest BCUT2D eigenvalue weighted by molar-refractivity contribution is 5.50. The van der Waals surface area contributed by atoms with Crippen molar-refractivity contribution in [3.8, 4) is 5.75 Å². The Labute approximate surface area is 120 Å². The third-order valence-corrected chi connectivity index (χ3v) is 4.44. The van der Waals surface area contributed by atoms with Crippen molar-refractivity contribution in [2.45, 2.75) is 31.7 Å². The van der Waals surface area contributed by atoms with Crippen molar-refractivity contribution in [3.63, 3.8) is 0 Å². The van der Waals surface area contributed by atoms with Gasteiger partial charge in [0, 0.05) is 0 Å². The van der Waals surface area contributed by atoms with Gasteiger partial charge in [-0.3, -0.25) is 0 Å². The third-order valence-electron chi connectivity index (χ3n) is 4.44. The molecule has 104 valence electrons. The molecule has 1 aliphatic carbocycles. The summed E-state index contributed by atoms with van der Waals surface area (Å²) in [4.78, 5) is 0. The summed E-state index contributed by atoms with van der Waals surface area (Å²) in [6.07, 6.45) is 3.03. The van der Waals surface area contributed by atoms with Crippen LogP contribution in [0, 0.1) is 0 Å². The Bertz CT molecular complexity index is 635. The van der Waals surface area contributed by atoms with Crippen LogP contribution in [0.3, 0.4) is 0 Å². The molecule has 0 saturated heterocycles. The lowest BCUT2D eigenvalue weighted by molar-refractivity contribution is 0.413. The summed E-state index contributed by atoms with van der Waals surface area (Å²) < 4.78 is 5.36. The molecule has 0 bridgehead atoms. The molecule has 1 unspecified atom stereocenters. The van der Waals surface area contributed by atoms with Crippen LogP contribution in [0.1, 0.15) is 35.6 Å². The Morgan fingerprint density at radius 2 is 2.05 bits per heavy atom. The molecule has 2 aromatic rings. The molecular weight excluding hydrogens is 246 g/mol. The van der Waals surface area contributed by atoms with Gasteiger partial charge in [0.1, 0.15) is 5.75 Å². The van der Waals surface area contributed by atoms with E-state index in [0.29, 0.717) is 0 Å². The zero-order valence-corrected chi connectivity index (χ0v) is 12.1. The van der Waals surface area contributed by atoms with Crippen LogP contribution in [0.25, 0.3) is 0 Å². The molecule has 2 aromatic carbocycles. The zero-order valence-electron chi connectivity index (χ0n) is 12.1. The molecule has 0 heterocycles. The average Bonchev–Trinajstić information content (AvgIpc) is 2.85. The van der Waals surface area contributed by atoms with Gasteiger partial charge >= 0.3 is 0 Å². The highest BCUT2D eigenvalue weighted by Gasteiger charge is 2.36. The fourth-order valence-corrected chi connectivity index (χ4v) is 3.15. The van der Waals surface area contributed by atoms with Crippen LogP contribution in [0.4, 0.5) is 0 Å². The van der Waals surface area contributed by atoms with E-state index in [1.807, 2.05) is 6.07 Å². The number of aryl methyl sites for hydroxylation is 2. The highest BCUT2D eigenvalue weighted by Crippen LogP contribution is 2.41. The largest absolute Gasteiger partial charge is 0.497 e. The molecule has 0 aromatic heterocycles. The van der Waals surface area contributed by atoms with Crippen LogP contribution < -0.4 is 10.5 Å². The van der Waals surface area contributed by atoms with Gasteiger partial charge in [-0.1, -0.05) is 37.3 Å². The van der Waals surface area contributed by atoms with E-state index in [0.717, 1.165) is 25.0 Å². The van der Waals surface area contributed by atoms with Crippen molar-refractivity contribution >= 4 is 0 Å². The first-order chi connectivity index (χ1) is 9.67. The summed E-state index contributed by atoms with van der Waals surface area (Å²) in [5.74, 6) is 0.882. The molecule has 0 aliphatic heterocycles.